The van der Waals surface area contributed by atoms with E-state index >= 15 is 0 Å². The summed E-state index contributed by atoms with van der Waals surface area (Å²) >= 11 is 1.32. The minimum Gasteiger partial charge on any atom is -0.493 e. The molecule has 1 aliphatic heterocycles. The van der Waals surface area contributed by atoms with Gasteiger partial charge in [-0.15, -0.1) is 0 Å². The molecular formula is C19H18N2O3S. The molecule has 0 spiro atoms. The third kappa shape index (κ3) is 3.85. The van der Waals surface area contributed by atoms with E-state index in [9.17, 15) is 4.79 Å². The molecule has 1 fully saturated rings. The van der Waals surface area contributed by atoms with Crippen LogP contribution in [0, 0.1) is 6.92 Å². The van der Waals surface area contributed by atoms with Gasteiger partial charge in [0.2, 0.25) is 0 Å². The topological polar surface area (TPSA) is 59.9 Å². The molecule has 25 heavy (non-hydrogen) atoms. The molecule has 6 heteroatoms. The second-order valence-corrected chi connectivity index (χ2v) is 6.41. The van der Waals surface area contributed by atoms with E-state index in [-0.39, 0.29) is 5.91 Å². The normalized spacial score (nSPS) is 17.0. The summed E-state index contributed by atoms with van der Waals surface area (Å²) < 4.78 is 10.5. The van der Waals surface area contributed by atoms with Gasteiger partial charge in [0.1, 0.15) is 0 Å². The lowest BCUT2D eigenvalue weighted by Gasteiger charge is -2.07. The number of hydrogen-bond donors (Lipinski definition) is 1. The number of amidine groups is 1. The highest BCUT2D eigenvalue weighted by atomic mass is 32.2. The maximum Gasteiger partial charge on any atom is 0.264 e. The van der Waals surface area contributed by atoms with Gasteiger partial charge in [-0.3, -0.25) is 4.79 Å². The Morgan fingerprint density at radius 2 is 1.84 bits per heavy atom. The molecule has 0 radical (unpaired) electrons. The molecule has 1 aliphatic rings. The van der Waals surface area contributed by atoms with E-state index in [1.54, 1.807) is 14.2 Å². The van der Waals surface area contributed by atoms with Crippen molar-refractivity contribution < 1.29 is 14.3 Å². The van der Waals surface area contributed by atoms with E-state index in [0.29, 0.717) is 21.6 Å². The van der Waals surface area contributed by atoms with Gasteiger partial charge in [-0.05, 0) is 54.1 Å². The molecule has 1 heterocycles. The summed E-state index contributed by atoms with van der Waals surface area (Å²) in [6.07, 6.45) is 1.81. The van der Waals surface area contributed by atoms with Gasteiger partial charge in [0, 0.05) is 0 Å². The van der Waals surface area contributed by atoms with Gasteiger partial charge in [-0.2, -0.15) is 0 Å². The number of thioether (sulfide) groups is 1. The zero-order valence-electron chi connectivity index (χ0n) is 14.2. The Kier molecular flexibility index (Phi) is 5.09. The number of carbonyl (C=O) groups excluding carboxylic acids is 1. The van der Waals surface area contributed by atoms with Crippen LogP contribution < -0.4 is 14.8 Å². The maximum atomic E-state index is 12.2. The van der Waals surface area contributed by atoms with Crippen molar-refractivity contribution >= 4 is 34.6 Å². The highest BCUT2D eigenvalue weighted by Gasteiger charge is 2.24. The van der Waals surface area contributed by atoms with Gasteiger partial charge in [0.15, 0.2) is 16.7 Å². The highest BCUT2D eigenvalue weighted by molar-refractivity contribution is 8.18. The molecule has 1 saturated heterocycles. The second-order valence-electron chi connectivity index (χ2n) is 5.38. The summed E-state index contributed by atoms with van der Waals surface area (Å²) in [7, 11) is 3.17. The third-order valence-electron chi connectivity index (χ3n) is 3.69. The number of methoxy groups -OCH3 is 2. The number of rotatable bonds is 4. The van der Waals surface area contributed by atoms with Crippen LogP contribution in [0.15, 0.2) is 52.4 Å². The number of carbonyl (C=O) groups is 1. The lowest BCUT2D eigenvalue weighted by molar-refractivity contribution is -0.115. The van der Waals surface area contributed by atoms with E-state index < -0.39 is 0 Å². The van der Waals surface area contributed by atoms with Crippen molar-refractivity contribution in [3.8, 4) is 11.5 Å². The third-order valence-corrected chi connectivity index (χ3v) is 4.60. The van der Waals surface area contributed by atoms with Gasteiger partial charge in [-0.25, -0.2) is 4.99 Å². The van der Waals surface area contributed by atoms with Gasteiger partial charge >= 0.3 is 0 Å². The Bertz CT molecular complexity index is 875. The van der Waals surface area contributed by atoms with Crippen LogP contribution in [-0.2, 0) is 4.79 Å². The molecule has 0 aromatic heterocycles. The van der Waals surface area contributed by atoms with E-state index in [1.165, 1.54) is 11.8 Å². The summed E-state index contributed by atoms with van der Waals surface area (Å²) in [4.78, 5) is 17.3. The van der Waals surface area contributed by atoms with Crippen molar-refractivity contribution in [2.24, 2.45) is 4.99 Å². The molecule has 0 aliphatic carbocycles. The molecule has 5 nitrogen and oxygen atoms in total. The number of benzene rings is 2. The van der Waals surface area contributed by atoms with Crippen molar-refractivity contribution in [2.75, 3.05) is 14.2 Å². The average Bonchev–Trinajstić information content (AvgIpc) is 2.96. The molecule has 128 valence electrons. The zero-order chi connectivity index (χ0) is 17.8. The van der Waals surface area contributed by atoms with Gasteiger partial charge in [-0.1, -0.05) is 24.3 Å². The molecule has 0 bridgehead atoms. The van der Waals surface area contributed by atoms with Crippen molar-refractivity contribution in [1.82, 2.24) is 5.32 Å². The monoisotopic (exact) mass is 354 g/mol. The predicted octanol–water partition coefficient (Wildman–Crippen LogP) is 3.90. The van der Waals surface area contributed by atoms with Gasteiger partial charge < -0.3 is 14.8 Å². The SMILES string of the molecule is COc1ccc(/C=C2/SC(=Nc3ccccc3C)NC2=O)cc1OC. The lowest BCUT2D eigenvalue weighted by Crippen LogP contribution is -2.19. The Hall–Kier alpha value is -2.73. The maximum absolute atomic E-state index is 12.2. The predicted molar refractivity (Wildman–Crippen MR) is 102 cm³/mol. The molecule has 0 atom stereocenters. The number of ether oxygens (including phenoxy) is 2. The first kappa shape index (κ1) is 17.1. The quantitative estimate of drug-likeness (QED) is 0.846. The van der Waals surface area contributed by atoms with Crippen LogP contribution in [0.4, 0.5) is 5.69 Å². The Balaban J connectivity index is 1.86. The number of aliphatic imine (C=N–C) groups is 1. The fraction of sp³-hybridized carbons (Fsp3) is 0.158. The number of hydrogen-bond acceptors (Lipinski definition) is 5. The summed E-state index contributed by atoms with van der Waals surface area (Å²) in [6, 6.07) is 13.3. The minimum absolute atomic E-state index is 0.160. The number of amides is 1. The average molecular weight is 354 g/mol. The second kappa shape index (κ2) is 7.44. The number of aryl methyl sites for hydroxylation is 1. The van der Waals surface area contributed by atoms with E-state index in [0.717, 1.165) is 16.8 Å². The number of nitrogens with zero attached hydrogens (tertiary/aromatic N) is 1. The van der Waals surface area contributed by atoms with Gasteiger partial charge in [0.05, 0.1) is 24.8 Å². The van der Waals surface area contributed by atoms with Crippen LogP contribution in [-0.4, -0.2) is 25.3 Å². The van der Waals surface area contributed by atoms with E-state index in [2.05, 4.69) is 10.3 Å². The summed E-state index contributed by atoms with van der Waals surface area (Å²) in [5.74, 6) is 1.11. The van der Waals surface area contributed by atoms with Crippen molar-refractivity contribution in [3.63, 3.8) is 0 Å². The Labute approximate surface area is 150 Å². The molecular weight excluding hydrogens is 336 g/mol. The van der Waals surface area contributed by atoms with Crippen molar-refractivity contribution in [3.05, 3.63) is 58.5 Å². The van der Waals surface area contributed by atoms with Crippen LogP contribution >= 0.6 is 11.8 Å². The lowest BCUT2D eigenvalue weighted by atomic mass is 10.2. The summed E-state index contributed by atoms with van der Waals surface area (Å²) in [5, 5.41) is 3.38. The van der Waals surface area contributed by atoms with Crippen LogP contribution in [0.5, 0.6) is 11.5 Å². The zero-order valence-corrected chi connectivity index (χ0v) is 15.0. The van der Waals surface area contributed by atoms with Crippen LogP contribution in [0.3, 0.4) is 0 Å². The van der Waals surface area contributed by atoms with E-state index in [1.807, 2.05) is 55.5 Å². The fourth-order valence-electron chi connectivity index (χ4n) is 2.37. The molecule has 1 amide bonds. The van der Waals surface area contributed by atoms with E-state index in [4.69, 9.17) is 9.47 Å². The highest BCUT2D eigenvalue weighted by Crippen LogP contribution is 2.32. The molecule has 3 rings (SSSR count). The summed E-state index contributed by atoms with van der Waals surface area (Å²) in [6.45, 7) is 1.99. The first-order valence-electron chi connectivity index (χ1n) is 7.68. The Morgan fingerprint density at radius 1 is 1.08 bits per heavy atom. The number of nitrogens with one attached hydrogen (secondary N) is 1. The molecule has 0 unspecified atom stereocenters. The molecule has 0 saturated carbocycles. The number of para-hydroxylation sites is 1. The molecule has 1 N–H and O–H groups in total. The minimum atomic E-state index is -0.160. The standard InChI is InChI=1S/C19H18N2O3S/c1-12-6-4-5-7-14(12)20-19-21-18(22)17(25-19)11-13-8-9-15(23-2)16(10-13)24-3/h4-11H,1-3H3,(H,20,21,22)/b17-11+. The first-order valence-corrected chi connectivity index (χ1v) is 8.49. The largest absolute Gasteiger partial charge is 0.493 e. The fourth-order valence-corrected chi connectivity index (χ4v) is 3.21. The summed E-state index contributed by atoms with van der Waals surface area (Å²) in [5.41, 5.74) is 2.76. The van der Waals surface area contributed by atoms with Crippen LogP contribution in [0.1, 0.15) is 11.1 Å². The smallest absolute Gasteiger partial charge is 0.264 e. The van der Waals surface area contributed by atoms with Crippen LogP contribution in [0.2, 0.25) is 0 Å². The van der Waals surface area contributed by atoms with Crippen molar-refractivity contribution in [1.29, 1.82) is 0 Å². The van der Waals surface area contributed by atoms with Crippen molar-refractivity contribution in [2.45, 2.75) is 6.92 Å². The molecule has 2 aromatic rings. The Morgan fingerprint density at radius 3 is 2.56 bits per heavy atom. The van der Waals surface area contributed by atoms with Gasteiger partial charge in [0.25, 0.3) is 5.91 Å². The van der Waals surface area contributed by atoms with Crippen LogP contribution in [0.25, 0.3) is 6.08 Å². The first-order chi connectivity index (χ1) is 12.1. The molecule has 2 aromatic carbocycles.